The molecule has 1 aliphatic carbocycles. The molecule has 1 aromatic rings. The normalized spacial score (nSPS) is 15.8. The monoisotopic (exact) mass is 450 g/mol. The number of nitrogens with zero attached hydrogens (tertiary/aromatic N) is 2. The Hall–Kier alpha value is -0.830. The quantitative estimate of drug-likeness (QED) is 0.262. The van der Waals surface area contributed by atoms with Gasteiger partial charge in [0.25, 0.3) is 0 Å². The van der Waals surface area contributed by atoms with Gasteiger partial charge in [0.1, 0.15) is 12.3 Å². The van der Waals surface area contributed by atoms with E-state index in [9.17, 15) is 0 Å². The highest BCUT2D eigenvalue weighted by molar-refractivity contribution is 14.0. The molecule has 1 fully saturated rings. The van der Waals surface area contributed by atoms with E-state index in [-0.39, 0.29) is 24.0 Å². The predicted molar refractivity (Wildman–Crippen MR) is 107 cm³/mol. The van der Waals surface area contributed by atoms with Crippen LogP contribution < -0.4 is 10.6 Å². The van der Waals surface area contributed by atoms with E-state index in [1.807, 2.05) is 20.8 Å². The number of aryl methyl sites for hydroxylation is 2. The lowest BCUT2D eigenvalue weighted by molar-refractivity contribution is 0.128. The van der Waals surface area contributed by atoms with Crippen molar-refractivity contribution in [3.8, 4) is 0 Å². The molecule has 1 aliphatic rings. The zero-order valence-corrected chi connectivity index (χ0v) is 17.6. The van der Waals surface area contributed by atoms with Gasteiger partial charge in [-0.05, 0) is 52.4 Å². The second kappa shape index (κ2) is 10.2. The zero-order valence-electron chi connectivity index (χ0n) is 15.3. The SMILES string of the molecule is CCNC(=NCc1nc(C)c(C)o1)NCC1(CCOCC)CC1.I. The molecule has 6 nitrogen and oxygen atoms in total. The smallest absolute Gasteiger partial charge is 0.216 e. The number of hydrogen-bond donors (Lipinski definition) is 2. The average Bonchev–Trinajstić information content (AvgIpc) is 3.22. The molecule has 0 radical (unpaired) electrons. The summed E-state index contributed by atoms with van der Waals surface area (Å²) in [5, 5.41) is 6.74. The lowest BCUT2D eigenvalue weighted by Crippen LogP contribution is -2.40. The molecule has 1 saturated carbocycles. The van der Waals surface area contributed by atoms with Gasteiger partial charge in [0, 0.05) is 26.3 Å². The molecule has 0 unspecified atom stereocenters. The fourth-order valence-electron chi connectivity index (χ4n) is 2.49. The van der Waals surface area contributed by atoms with Crippen LogP contribution in [0, 0.1) is 19.3 Å². The first-order valence-electron chi connectivity index (χ1n) is 8.61. The first-order valence-corrected chi connectivity index (χ1v) is 8.61. The maximum atomic E-state index is 5.58. The minimum Gasteiger partial charge on any atom is -0.444 e. The van der Waals surface area contributed by atoms with E-state index in [1.165, 1.54) is 12.8 Å². The number of halogens is 1. The molecule has 0 aromatic carbocycles. The van der Waals surface area contributed by atoms with Crippen LogP contribution in [0.25, 0.3) is 0 Å². The van der Waals surface area contributed by atoms with Crippen molar-refractivity contribution >= 4 is 29.9 Å². The van der Waals surface area contributed by atoms with E-state index in [2.05, 4.69) is 27.5 Å². The van der Waals surface area contributed by atoms with Gasteiger partial charge in [-0.2, -0.15) is 0 Å². The molecule has 0 bridgehead atoms. The molecule has 1 heterocycles. The number of oxazole rings is 1. The average molecular weight is 450 g/mol. The number of ether oxygens (including phenoxy) is 1. The van der Waals surface area contributed by atoms with E-state index >= 15 is 0 Å². The van der Waals surface area contributed by atoms with Crippen molar-refractivity contribution in [1.29, 1.82) is 0 Å². The Kier molecular flexibility index (Phi) is 9.04. The third kappa shape index (κ3) is 6.58. The van der Waals surface area contributed by atoms with E-state index < -0.39 is 0 Å². The molecule has 1 aromatic heterocycles. The first-order chi connectivity index (χ1) is 11.1. The van der Waals surface area contributed by atoms with E-state index in [0.717, 1.165) is 50.1 Å². The summed E-state index contributed by atoms with van der Waals surface area (Å²) < 4.78 is 11.1. The predicted octanol–water partition coefficient (Wildman–Crippen LogP) is 3.17. The van der Waals surface area contributed by atoms with Gasteiger partial charge in [0.05, 0.1) is 5.69 Å². The molecule has 24 heavy (non-hydrogen) atoms. The van der Waals surface area contributed by atoms with Crippen LogP contribution in [-0.2, 0) is 11.3 Å². The molecular weight excluding hydrogens is 419 g/mol. The number of aliphatic imine (C=N–C) groups is 1. The van der Waals surface area contributed by atoms with Crippen molar-refractivity contribution < 1.29 is 9.15 Å². The number of guanidine groups is 1. The minimum absolute atomic E-state index is 0. The summed E-state index contributed by atoms with van der Waals surface area (Å²) in [5.74, 6) is 2.35. The van der Waals surface area contributed by atoms with Crippen molar-refractivity contribution in [3.05, 3.63) is 17.3 Å². The zero-order chi connectivity index (χ0) is 16.7. The van der Waals surface area contributed by atoms with Gasteiger partial charge in [0.15, 0.2) is 5.96 Å². The third-order valence-corrected chi connectivity index (χ3v) is 4.36. The summed E-state index contributed by atoms with van der Waals surface area (Å²) in [7, 11) is 0. The molecule has 0 amide bonds. The highest BCUT2D eigenvalue weighted by Gasteiger charge is 2.41. The van der Waals surface area contributed by atoms with Gasteiger partial charge in [-0.1, -0.05) is 0 Å². The fourth-order valence-corrected chi connectivity index (χ4v) is 2.49. The Morgan fingerprint density at radius 3 is 2.58 bits per heavy atom. The van der Waals surface area contributed by atoms with Crippen molar-refractivity contribution in [3.63, 3.8) is 0 Å². The number of nitrogens with one attached hydrogen (secondary N) is 2. The van der Waals surface area contributed by atoms with Crippen LogP contribution in [0.3, 0.4) is 0 Å². The maximum Gasteiger partial charge on any atom is 0.216 e. The Morgan fingerprint density at radius 2 is 2.04 bits per heavy atom. The summed E-state index contributed by atoms with van der Waals surface area (Å²) in [4.78, 5) is 8.94. The van der Waals surface area contributed by atoms with Gasteiger partial charge >= 0.3 is 0 Å². The van der Waals surface area contributed by atoms with Crippen molar-refractivity contribution in [1.82, 2.24) is 15.6 Å². The first kappa shape index (κ1) is 21.2. The largest absolute Gasteiger partial charge is 0.444 e. The van der Waals surface area contributed by atoms with E-state index in [1.54, 1.807) is 0 Å². The van der Waals surface area contributed by atoms with Crippen LogP contribution >= 0.6 is 24.0 Å². The topological polar surface area (TPSA) is 71.7 Å². The number of aromatic nitrogens is 1. The van der Waals surface area contributed by atoms with Crippen LogP contribution in [0.5, 0.6) is 0 Å². The van der Waals surface area contributed by atoms with Gasteiger partial charge < -0.3 is 19.8 Å². The summed E-state index contributed by atoms with van der Waals surface area (Å²) in [5.41, 5.74) is 1.32. The van der Waals surface area contributed by atoms with Crippen LogP contribution in [0.1, 0.15) is 50.5 Å². The second-order valence-corrected chi connectivity index (χ2v) is 6.24. The van der Waals surface area contributed by atoms with Crippen LogP contribution in [-0.4, -0.2) is 37.2 Å². The molecule has 2 N–H and O–H groups in total. The van der Waals surface area contributed by atoms with Crippen molar-refractivity contribution in [2.24, 2.45) is 10.4 Å². The second-order valence-electron chi connectivity index (χ2n) is 6.24. The summed E-state index contributed by atoms with van der Waals surface area (Å²) >= 11 is 0. The standard InChI is InChI=1S/C17H30N4O2.HI/c1-5-18-16(19-11-15-21-13(3)14(4)23-15)20-12-17(7-8-17)9-10-22-6-2;/h5-12H2,1-4H3,(H2,18,19,20);1H. The van der Waals surface area contributed by atoms with Crippen LogP contribution in [0.2, 0.25) is 0 Å². The molecule has 0 aliphatic heterocycles. The lowest BCUT2D eigenvalue weighted by atomic mass is 10.0. The van der Waals surface area contributed by atoms with Crippen molar-refractivity contribution in [2.75, 3.05) is 26.3 Å². The molecule has 7 heteroatoms. The third-order valence-electron chi connectivity index (χ3n) is 4.36. The molecule has 2 rings (SSSR count). The molecular formula is C17H31IN4O2. The maximum absolute atomic E-state index is 5.58. The Bertz CT molecular complexity index is 507. The molecule has 0 saturated heterocycles. The minimum atomic E-state index is 0. The van der Waals surface area contributed by atoms with Gasteiger partial charge in [-0.3, -0.25) is 0 Å². The highest BCUT2D eigenvalue weighted by Crippen LogP contribution is 2.48. The molecule has 138 valence electrons. The van der Waals surface area contributed by atoms with Gasteiger partial charge in [-0.25, -0.2) is 9.98 Å². The molecule has 0 atom stereocenters. The Morgan fingerprint density at radius 1 is 1.29 bits per heavy atom. The van der Waals surface area contributed by atoms with E-state index in [0.29, 0.717) is 17.9 Å². The van der Waals surface area contributed by atoms with Crippen LogP contribution in [0.4, 0.5) is 0 Å². The lowest BCUT2D eigenvalue weighted by Gasteiger charge is -2.18. The highest BCUT2D eigenvalue weighted by atomic mass is 127. The van der Waals surface area contributed by atoms with Crippen molar-refractivity contribution in [2.45, 2.75) is 53.5 Å². The number of hydrogen-bond acceptors (Lipinski definition) is 4. The fraction of sp³-hybridized carbons (Fsp3) is 0.765. The Balaban J connectivity index is 0.00000288. The summed E-state index contributed by atoms with van der Waals surface area (Å²) in [6.45, 7) is 11.9. The summed E-state index contributed by atoms with van der Waals surface area (Å²) in [6, 6.07) is 0. The van der Waals surface area contributed by atoms with Gasteiger partial charge in [-0.15, -0.1) is 24.0 Å². The van der Waals surface area contributed by atoms with Gasteiger partial charge in [0.2, 0.25) is 5.89 Å². The van der Waals surface area contributed by atoms with E-state index in [4.69, 9.17) is 9.15 Å². The van der Waals surface area contributed by atoms with Crippen LogP contribution in [0.15, 0.2) is 9.41 Å². The Labute approximate surface area is 162 Å². The molecule has 0 spiro atoms. The number of rotatable bonds is 9. The summed E-state index contributed by atoms with van der Waals surface area (Å²) in [6.07, 6.45) is 3.65.